The Morgan fingerprint density at radius 1 is 1.50 bits per heavy atom. The van der Waals surface area contributed by atoms with Gasteiger partial charge in [-0.15, -0.1) is 0 Å². The zero-order valence-electron chi connectivity index (χ0n) is 7.58. The summed E-state index contributed by atoms with van der Waals surface area (Å²) in [5.74, 6) is -0.171. The Morgan fingerprint density at radius 3 is 2.42 bits per heavy atom. The van der Waals surface area contributed by atoms with Gasteiger partial charge in [0.2, 0.25) is 5.91 Å². The van der Waals surface area contributed by atoms with Crippen LogP contribution in [0.5, 0.6) is 0 Å². The second-order valence-corrected chi connectivity index (χ2v) is 3.43. The number of aliphatic hydroxyl groups is 1. The standard InChI is InChI=1S/C8H16N2O2/c1-6-3-10(8(12)5-11)4-7(2)9-6/h6-7,9,11H,3-5H2,1-2H3. The zero-order chi connectivity index (χ0) is 9.14. The summed E-state index contributed by atoms with van der Waals surface area (Å²) in [5.41, 5.74) is 0. The van der Waals surface area contributed by atoms with Gasteiger partial charge in [0.15, 0.2) is 0 Å². The third-order valence-corrected chi connectivity index (χ3v) is 2.05. The topological polar surface area (TPSA) is 52.6 Å². The molecular weight excluding hydrogens is 156 g/mol. The Labute approximate surface area is 72.6 Å². The maximum Gasteiger partial charge on any atom is 0.248 e. The number of carbonyl (C=O) groups is 1. The van der Waals surface area contributed by atoms with Crippen molar-refractivity contribution in [2.75, 3.05) is 19.7 Å². The highest BCUT2D eigenvalue weighted by molar-refractivity contribution is 5.77. The molecule has 0 bridgehead atoms. The lowest BCUT2D eigenvalue weighted by atomic mass is 10.1. The average molecular weight is 172 g/mol. The van der Waals surface area contributed by atoms with Gasteiger partial charge in [0, 0.05) is 25.2 Å². The molecule has 2 N–H and O–H groups in total. The fourth-order valence-corrected chi connectivity index (χ4v) is 1.63. The minimum absolute atomic E-state index is 0.171. The van der Waals surface area contributed by atoms with Gasteiger partial charge < -0.3 is 15.3 Å². The molecule has 4 nitrogen and oxygen atoms in total. The highest BCUT2D eigenvalue weighted by Gasteiger charge is 2.23. The summed E-state index contributed by atoms with van der Waals surface area (Å²) in [6, 6.07) is 0.647. The quantitative estimate of drug-likeness (QED) is 0.544. The highest BCUT2D eigenvalue weighted by atomic mass is 16.3. The first-order chi connectivity index (χ1) is 5.63. The van der Waals surface area contributed by atoms with Crippen molar-refractivity contribution in [3.8, 4) is 0 Å². The Hall–Kier alpha value is -0.610. The fraction of sp³-hybridized carbons (Fsp3) is 0.875. The van der Waals surface area contributed by atoms with E-state index >= 15 is 0 Å². The zero-order valence-corrected chi connectivity index (χ0v) is 7.58. The third-order valence-electron chi connectivity index (χ3n) is 2.05. The molecular formula is C8H16N2O2. The van der Waals surface area contributed by atoms with Crippen LogP contribution in [0, 0.1) is 0 Å². The van der Waals surface area contributed by atoms with E-state index in [1.807, 2.05) is 13.8 Å². The molecule has 1 saturated heterocycles. The van der Waals surface area contributed by atoms with Gasteiger partial charge in [-0.25, -0.2) is 0 Å². The maximum absolute atomic E-state index is 11.1. The van der Waals surface area contributed by atoms with E-state index < -0.39 is 0 Å². The summed E-state index contributed by atoms with van der Waals surface area (Å²) in [7, 11) is 0. The number of amides is 1. The number of nitrogens with one attached hydrogen (secondary N) is 1. The van der Waals surface area contributed by atoms with Crippen LogP contribution in [0.15, 0.2) is 0 Å². The monoisotopic (exact) mass is 172 g/mol. The molecule has 1 aliphatic rings. The normalized spacial score (nSPS) is 30.4. The molecule has 1 rings (SSSR count). The van der Waals surface area contributed by atoms with E-state index in [0.717, 1.165) is 0 Å². The van der Waals surface area contributed by atoms with Gasteiger partial charge in [0.05, 0.1) is 0 Å². The number of aliphatic hydroxyl groups excluding tert-OH is 1. The minimum Gasteiger partial charge on any atom is -0.387 e. The molecule has 0 aromatic carbocycles. The van der Waals surface area contributed by atoms with Crippen LogP contribution in [-0.2, 0) is 4.79 Å². The van der Waals surface area contributed by atoms with E-state index in [1.165, 1.54) is 0 Å². The molecule has 1 amide bonds. The number of piperazine rings is 1. The van der Waals surface area contributed by atoms with Crippen LogP contribution in [0.1, 0.15) is 13.8 Å². The largest absolute Gasteiger partial charge is 0.387 e. The molecule has 1 aliphatic heterocycles. The summed E-state index contributed by atoms with van der Waals surface area (Å²) >= 11 is 0. The first kappa shape index (κ1) is 9.48. The van der Waals surface area contributed by atoms with Gasteiger partial charge in [-0.3, -0.25) is 4.79 Å². The lowest BCUT2D eigenvalue weighted by molar-refractivity contribution is -0.135. The minimum atomic E-state index is -0.376. The van der Waals surface area contributed by atoms with E-state index in [2.05, 4.69) is 5.32 Å². The average Bonchev–Trinajstić information content (AvgIpc) is 2.01. The molecule has 1 heterocycles. The van der Waals surface area contributed by atoms with Crippen molar-refractivity contribution >= 4 is 5.91 Å². The smallest absolute Gasteiger partial charge is 0.248 e. The Bertz CT molecular complexity index is 162. The molecule has 4 heteroatoms. The van der Waals surface area contributed by atoms with E-state index in [4.69, 9.17) is 5.11 Å². The number of rotatable bonds is 1. The predicted octanol–water partition coefficient (Wildman–Crippen LogP) is -0.812. The van der Waals surface area contributed by atoms with Gasteiger partial charge in [-0.2, -0.15) is 0 Å². The van der Waals surface area contributed by atoms with Crippen LogP contribution >= 0.6 is 0 Å². The Balaban J connectivity index is 2.49. The predicted molar refractivity (Wildman–Crippen MR) is 45.7 cm³/mol. The van der Waals surface area contributed by atoms with Gasteiger partial charge in [0.1, 0.15) is 6.61 Å². The van der Waals surface area contributed by atoms with Crippen LogP contribution in [0.25, 0.3) is 0 Å². The van der Waals surface area contributed by atoms with Crippen molar-refractivity contribution < 1.29 is 9.90 Å². The molecule has 1 fully saturated rings. The van der Waals surface area contributed by atoms with Gasteiger partial charge in [-0.05, 0) is 13.8 Å². The summed E-state index contributed by atoms with van der Waals surface area (Å²) in [4.78, 5) is 12.8. The molecule has 2 atom stereocenters. The summed E-state index contributed by atoms with van der Waals surface area (Å²) in [6.07, 6.45) is 0. The number of hydrogen-bond acceptors (Lipinski definition) is 3. The molecule has 0 aromatic rings. The van der Waals surface area contributed by atoms with Crippen molar-refractivity contribution in [2.24, 2.45) is 0 Å². The first-order valence-electron chi connectivity index (χ1n) is 4.28. The summed E-state index contributed by atoms with van der Waals surface area (Å²) in [5, 5.41) is 12.0. The van der Waals surface area contributed by atoms with Gasteiger partial charge >= 0.3 is 0 Å². The molecule has 0 aliphatic carbocycles. The molecule has 0 aromatic heterocycles. The van der Waals surface area contributed by atoms with E-state index in [1.54, 1.807) is 4.90 Å². The summed E-state index contributed by atoms with van der Waals surface area (Å²) in [6.45, 7) is 5.09. The van der Waals surface area contributed by atoms with E-state index in [-0.39, 0.29) is 12.5 Å². The Morgan fingerprint density at radius 2 is 2.00 bits per heavy atom. The molecule has 70 valence electrons. The second kappa shape index (κ2) is 3.87. The van der Waals surface area contributed by atoms with Crippen LogP contribution in [-0.4, -0.2) is 47.7 Å². The molecule has 0 spiro atoms. The number of hydrogen-bond donors (Lipinski definition) is 2. The number of nitrogens with zero attached hydrogens (tertiary/aromatic N) is 1. The lowest BCUT2D eigenvalue weighted by Crippen LogP contribution is -2.56. The highest BCUT2D eigenvalue weighted by Crippen LogP contribution is 2.03. The van der Waals surface area contributed by atoms with Crippen LogP contribution < -0.4 is 5.32 Å². The molecule has 0 saturated carbocycles. The van der Waals surface area contributed by atoms with Crippen molar-refractivity contribution in [1.29, 1.82) is 0 Å². The van der Waals surface area contributed by atoms with Gasteiger partial charge in [-0.1, -0.05) is 0 Å². The van der Waals surface area contributed by atoms with E-state index in [9.17, 15) is 4.79 Å². The molecule has 2 unspecified atom stereocenters. The fourth-order valence-electron chi connectivity index (χ4n) is 1.63. The van der Waals surface area contributed by atoms with Crippen molar-refractivity contribution in [2.45, 2.75) is 25.9 Å². The second-order valence-electron chi connectivity index (χ2n) is 3.43. The van der Waals surface area contributed by atoms with E-state index in [0.29, 0.717) is 25.2 Å². The molecule has 0 radical (unpaired) electrons. The molecule has 12 heavy (non-hydrogen) atoms. The summed E-state index contributed by atoms with van der Waals surface area (Å²) < 4.78 is 0. The first-order valence-corrected chi connectivity index (χ1v) is 4.28. The van der Waals surface area contributed by atoms with Crippen LogP contribution in [0.4, 0.5) is 0 Å². The van der Waals surface area contributed by atoms with Crippen molar-refractivity contribution in [3.63, 3.8) is 0 Å². The maximum atomic E-state index is 11.1. The third kappa shape index (κ3) is 2.19. The SMILES string of the molecule is CC1CN(C(=O)CO)CC(C)N1. The van der Waals surface area contributed by atoms with Crippen molar-refractivity contribution in [3.05, 3.63) is 0 Å². The van der Waals surface area contributed by atoms with Gasteiger partial charge in [0.25, 0.3) is 0 Å². The van der Waals surface area contributed by atoms with Crippen molar-refractivity contribution in [1.82, 2.24) is 10.2 Å². The Kier molecular flexibility index (Phi) is 3.05. The van der Waals surface area contributed by atoms with Crippen LogP contribution in [0.2, 0.25) is 0 Å². The lowest BCUT2D eigenvalue weighted by Gasteiger charge is -2.35. The van der Waals surface area contributed by atoms with Crippen LogP contribution in [0.3, 0.4) is 0 Å². The number of carbonyl (C=O) groups excluding carboxylic acids is 1.